The molecule has 2 aromatic heterocycles. The summed E-state index contributed by atoms with van der Waals surface area (Å²) in [4.78, 5) is 42.5. The average molecular weight is 497 g/mol. The van der Waals surface area contributed by atoms with Gasteiger partial charge in [-0.25, -0.2) is 9.97 Å². The van der Waals surface area contributed by atoms with Crippen LogP contribution in [-0.4, -0.2) is 64.6 Å². The molecule has 190 valence electrons. The van der Waals surface area contributed by atoms with Crippen molar-refractivity contribution in [3.63, 3.8) is 0 Å². The molecule has 0 saturated carbocycles. The van der Waals surface area contributed by atoms with E-state index in [-0.39, 0.29) is 11.5 Å². The number of piperazine rings is 1. The molecule has 0 aliphatic carbocycles. The highest BCUT2D eigenvalue weighted by Gasteiger charge is 2.24. The van der Waals surface area contributed by atoms with E-state index < -0.39 is 0 Å². The standard InChI is InChI=1S/C29H32N6O2/c1-3-32(4-2)29-31-25-20-23(13-14-24(25)28(37)35(29)21-22-10-6-5-7-11-22)27(36)34-18-16-33(17-19-34)26-12-8-9-15-30-26/h5-15,20H,3-4,16-19,21H2,1-2H3. The van der Waals surface area contributed by atoms with Gasteiger partial charge in [0.15, 0.2) is 0 Å². The number of hydrogen-bond donors (Lipinski definition) is 0. The summed E-state index contributed by atoms with van der Waals surface area (Å²) in [6.45, 7) is 8.68. The predicted octanol–water partition coefficient (Wildman–Crippen LogP) is 3.65. The molecule has 1 fully saturated rings. The number of amides is 1. The van der Waals surface area contributed by atoms with Crippen molar-refractivity contribution >= 4 is 28.6 Å². The monoisotopic (exact) mass is 496 g/mol. The molecule has 0 bridgehead atoms. The fourth-order valence-corrected chi connectivity index (χ4v) is 4.86. The normalized spacial score (nSPS) is 13.7. The molecule has 4 aromatic rings. The van der Waals surface area contributed by atoms with Gasteiger partial charge in [0.1, 0.15) is 5.82 Å². The number of carbonyl (C=O) groups is 1. The van der Waals surface area contributed by atoms with Crippen molar-refractivity contribution < 1.29 is 4.79 Å². The Labute approximate surface area is 216 Å². The smallest absolute Gasteiger partial charge is 0.263 e. The Morgan fingerprint density at radius 1 is 0.919 bits per heavy atom. The van der Waals surface area contributed by atoms with E-state index in [9.17, 15) is 9.59 Å². The molecule has 3 heterocycles. The minimum absolute atomic E-state index is 0.0396. The number of fused-ring (bicyclic) bond motifs is 1. The average Bonchev–Trinajstić information content (AvgIpc) is 2.96. The van der Waals surface area contributed by atoms with Gasteiger partial charge >= 0.3 is 0 Å². The van der Waals surface area contributed by atoms with Gasteiger partial charge < -0.3 is 14.7 Å². The van der Waals surface area contributed by atoms with Gasteiger partial charge in [-0.2, -0.15) is 0 Å². The lowest BCUT2D eigenvalue weighted by Crippen LogP contribution is -2.49. The molecule has 1 saturated heterocycles. The van der Waals surface area contributed by atoms with Crippen LogP contribution in [-0.2, 0) is 6.54 Å². The molecule has 1 aliphatic rings. The molecule has 0 radical (unpaired) electrons. The van der Waals surface area contributed by atoms with Crippen LogP contribution in [0.2, 0.25) is 0 Å². The van der Waals surface area contributed by atoms with E-state index >= 15 is 0 Å². The number of hydrogen-bond acceptors (Lipinski definition) is 6. The first-order valence-electron chi connectivity index (χ1n) is 12.9. The molecule has 8 heteroatoms. The van der Waals surface area contributed by atoms with Gasteiger partial charge in [-0.05, 0) is 49.7 Å². The van der Waals surface area contributed by atoms with Gasteiger partial charge in [-0.3, -0.25) is 14.2 Å². The van der Waals surface area contributed by atoms with Crippen molar-refractivity contribution in [1.29, 1.82) is 0 Å². The summed E-state index contributed by atoms with van der Waals surface area (Å²) in [5, 5.41) is 0.517. The third-order valence-corrected chi connectivity index (χ3v) is 6.95. The third-order valence-electron chi connectivity index (χ3n) is 6.95. The lowest BCUT2D eigenvalue weighted by atomic mass is 10.1. The van der Waals surface area contributed by atoms with E-state index in [1.165, 1.54) is 0 Å². The van der Waals surface area contributed by atoms with Crippen molar-refractivity contribution in [1.82, 2.24) is 19.4 Å². The molecule has 0 spiro atoms. The van der Waals surface area contributed by atoms with Gasteiger partial charge in [-0.1, -0.05) is 36.4 Å². The number of rotatable bonds is 7. The van der Waals surface area contributed by atoms with Crippen LogP contribution in [0.3, 0.4) is 0 Å². The maximum atomic E-state index is 13.6. The molecule has 37 heavy (non-hydrogen) atoms. The van der Waals surface area contributed by atoms with Crippen molar-refractivity contribution in [2.24, 2.45) is 0 Å². The SMILES string of the molecule is CCN(CC)c1nc2cc(C(=O)N3CCN(c4ccccn4)CC3)ccc2c(=O)n1Cc1ccccc1. The molecule has 0 atom stereocenters. The Morgan fingerprint density at radius 3 is 2.32 bits per heavy atom. The predicted molar refractivity (Wildman–Crippen MR) is 147 cm³/mol. The van der Waals surface area contributed by atoms with Crippen molar-refractivity contribution in [2.45, 2.75) is 20.4 Å². The molecule has 1 amide bonds. The van der Waals surface area contributed by atoms with Crippen LogP contribution < -0.4 is 15.4 Å². The number of carbonyl (C=O) groups excluding carboxylic acids is 1. The highest BCUT2D eigenvalue weighted by atomic mass is 16.2. The van der Waals surface area contributed by atoms with Gasteiger partial charge in [-0.15, -0.1) is 0 Å². The number of nitrogens with zero attached hydrogens (tertiary/aromatic N) is 6. The third kappa shape index (κ3) is 5.05. The van der Waals surface area contributed by atoms with E-state index in [0.29, 0.717) is 42.0 Å². The molecule has 0 N–H and O–H groups in total. The maximum absolute atomic E-state index is 13.6. The van der Waals surface area contributed by atoms with Gasteiger partial charge in [0.2, 0.25) is 5.95 Å². The fraction of sp³-hybridized carbons (Fsp3) is 0.310. The van der Waals surface area contributed by atoms with E-state index in [1.54, 1.807) is 29.0 Å². The van der Waals surface area contributed by atoms with Gasteiger partial charge in [0.05, 0.1) is 17.4 Å². The van der Waals surface area contributed by atoms with Gasteiger partial charge in [0, 0.05) is 51.0 Å². The Morgan fingerprint density at radius 2 is 1.65 bits per heavy atom. The summed E-state index contributed by atoms with van der Waals surface area (Å²) in [7, 11) is 0. The summed E-state index contributed by atoms with van der Waals surface area (Å²) in [6, 6.07) is 21.1. The zero-order chi connectivity index (χ0) is 25.8. The lowest BCUT2D eigenvalue weighted by molar-refractivity contribution is 0.0746. The first kappa shape index (κ1) is 24.5. The fourth-order valence-electron chi connectivity index (χ4n) is 4.86. The summed E-state index contributed by atoms with van der Waals surface area (Å²) >= 11 is 0. The first-order chi connectivity index (χ1) is 18.1. The van der Waals surface area contributed by atoms with Crippen LogP contribution in [0.1, 0.15) is 29.8 Å². The summed E-state index contributed by atoms with van der Waals surface area (Å²) in [6.07, 6.45) is 1.79. The van der Waals surface area contributed by atoms with E-state index in [1.807, 2.05) is 53.4 Å². The lowest BCUT2D eigenvalue weighted by Gasteiger charge is -2.35. The quantitative estimate of drug-likeness (QED) is 0.389. The topological polar surface area (TPSA) is 74.6 Å². The van der Waals surface area contributed by atoms with Crippen molar-refractivity contribution in [3.8, 4) is 0 Å². The molecule has 0 unspecified atom stereocenters. The minimum Gasteiger partial charge on any atom is -0.353 e. The second-order valence-corrected chi connectivity index (χ2v) is 9.16. The van der Waals surface area contributed by atoms with Crippen LogP contribution in [0, 0.1) is 0 Å². The number of pyridine rings is 1. The molecular formula is C29H32N6O2. The largest absolute Gasteiger partial charge is 0.353 e. The van der Waals surface area contributed by atoms with Crippen molar-refractivity contribution in [3.05, 3.63) is 94.4 Å². The second-order valence-electron chi connectivity index (χ2n) is 9.16. The van der Waals surface area contributed by atoms with E-state index in [2.05, 4.69) is 28.6 Å². The molecule has 5 rings (SSSR count). The van der Waals surface area contributed by atoms with Crippen molar-refractivity contribution in [2.75, 3.05) is 49.1 Å². The van der Waals surface area contributed by atoms with Crippen LogP contribution in [0.5, 0.6) is 0 Å². The zero-order valence-corrected chi connectivity index (χ0v) is 21.4. The van der Waals surface area contributed by atoms with Crippen LogP contribution in [0.25, 0.3) is 10.9 Å². The Kier molecular flexibility index (Phi) is 7.16. The second kappa shape index (κ2) is 10.8. The Hall–Kier alpha value is -4.20. The summed E-state index contributed by atoms with van der Waals surface area (Å²) < 4.78 is 1.74. The Bertz CT molecular complexity index is 1430. The highest BCUT2D eigenvalue weighted by molar-refractivity contribution is 5.98. The molecule has 2 aromatic carbocycles. The highest BCUT2D eigenvalue weighted by Crippen LogP contribution is 2.20. The number of benzene rings is 2. The van der Waals surface area contributed by atoms with Crippen LogP contribution in [0.4, 0.5) is 11.8 Å². The first-order valence-corrected chi connectivity index (χ1v) is 12.9. The van der Waals surface area contributed by atoms with Gasteiger partial charge in [0.25, 0.3) is 11.5 Å². The van der Waals surface area contributed by atoms with E-state index in [0.717, 1.165) is 37.6 Å². The molecule has 1 aliphatic heterocycles. The molecule has 8 nitrogen and oxygen atoms in total. The maximum Gasteiger partial charge on any atom is 0.263 e. The number of aromatic nitrogens is 3. The Balaban J connectivity index is 1.44. The van der Waals surface area contributed by atoms with E-state index in [4.69, 9.17) is 4.98 Å². The van der Waals surface area contributed by atoms with Crippen LogP contribution in [0.15, 0.2) is 77.7 Å². The summed E-state index contributed by atoms with van der Waals surface area (Å²) in [5.74, 6) is 1.52. The zero-order valence-electron chi connectivity index (χ0n) is 21.4. The van der Waals surface area contributed by atoms with Crippen LogP contribution >= 0.6 is 0 Å². The molecular weight excluding hydrogens is 464 g/mol. The number of anilines is 2. The summed E-state index contributed by atoms with van der Waals surface area (Å²) in [5.41, 5.74) is 2.04. The minimum atomic E-state index is -0.0984.